The van der Waals surface area contributed by atoms with Crippen LogP contribution in [0, 0.1) is 4.77 Å². The molecule has 3 aromatic rings. The molecule has 0 spiro atoms. The highest BCUT2D eigenvalue weighted by Gasteiger charge is 2.10. The minimum atomic E-state index is 0.655. The van der Waals surface area contributed by atoms with Crippen LogP contribution >= 0.6 is 50.8 Å². The standard InChI is InChI=1S/C11H8BrN3S3/c12-9-4-3-7(18-9)6-15-10(13-14-11(15)16)8-2-1-5-17-8/h1-5H,6H2,(H,14,16). The van der Waals surface area contributed by atoms with E-state index in [-0.39, 0.29) is 0 Å². The van der Waals surface area contributed by atoms with Crippen LogP contribution in [0.5, 0.6) is 0 Å². The first-order valence-electron chi connectivity index (χ1n) is 5.17. The van der Waals surface area contributed by atoms with E-state index >= 15 is 0 Å². The van der Waals surface area contributed by atoms with E-state index in [1.807, 2.05) is 16.0 Å². The van der Waals surface area contributed by atoms with Crippen LogP contribution in [-0.2, 0) is 6.54 Å². The van der Waals surface area contributed by atoms with Gasteiger partial charge in [-0.2, -0.15) is 5.10 Å². The van der Waals surface area contributed by atoms with Gasteiger partial charge in [0, 0.05) is 4.88 Å². The average molecular weight is 358 g/mol. The summed E-state index contributed by atoms with van der Waals surface area (Å²) in [4.78, 5) is 2.37. The van der Waals surface area contributed by atoms with Gasteiger partial charge in [0.25, 0.3) is 0 Å². The van der Waals surface area contributed by atoms with Crippen LogP contribution in [0.1, 0.15) is 4.88 Å². The van der Waals surface area contributed by atoms with Crippen molar-refractivity contribution in [2.45, 2.75) is 6.54 Å². The van der Waals surface area contributed by atoms with Gasteiger partial charge < -0.3 is 0 Å². The van der Waals surface area contributed by atoms with E-state index in [9.17, 15) is 0 Å². The average Bonchev–Trinajstić information content (AvgIpc) is 3.03. The fourth-order valence-electron chi connectivity index (χ4n) is 1.65. The molecule has 0 aliphatic carbocycles. The Morgan fingerprint density at radius 2 is 2.28 bits per heavy atom. The zero-order valence-electron chi connectivity index (χ0n) is 9.09. The summed E-state index contributed by atoms with van der Waals surface area (Å²) in [6.45, 7) is 0.749. The molecule has 0 radical (unpaired) electrons. The highest BCUT2D eigenvalue weighted by atomic mass is 79.9. The Bertz CT molecular complexity index is 708. The molecule has 3 rings (SSSR count). The van der Waals surface area contributed by atoms with Gasteiger partial charge in [0.1, 0.15) is 0 Å². The maximum atomic E-state index is 5.30. The third-order valence-corrected chi connectivity index (χ3v) is 5.23. The molecule has 0 aromatic carbocycles. The fourth-order valence-corrected chi connectivity index (χ4v) is 4.04. The van der Waals surface area contributed by atoms with E-state index in [0.29, 0.717) is 4.77 Å². The second-order valence-electron chi connectivity index (χ2n) is 3.62. The predicted octanol–water partition coefficient (Wildman–Crippen LogP) is 4.54. The molecule has 0 unspecified atom stereocenters. The van der Waals surface area contributed by atoms with Crippen molar-refractivity contribution < 1.29 is 0 Å². The monoisotopic (exact) mass is 357 g/mol. The number of nitrogens with zero attached hydrogens (tertiary/aromatic N) is 2. The molecule has 1 N–H and O–H groups in total. The lowest BCUT2D eigenvalue weighted by atomic mass is 10.4. The van der Waals surface area contributed by atoms with Gasteiger partial charge in [-0.3, -0.25) is 9.67 Å². The second-order valence-corrected chi connectivity index (χ2v) is 7.50. The smallest absolute Gasteiger partial charge is 0.195 e. The number of thiophene rings is 2. The summed E-state index contributed by atoms with van der Waals surface area (Å²) in [5, 5.41) is 9.22. The minimum absolute atomic E-state index is 0.655. The Labute approximate surface area is 125 Å². The lowest BCUT2D eigenvalue weighted by Gasteiger charge is -2.03. The molecule has 0 saturated heterocycles. The lowest BCUT2D eigenvalue weighted by molar-refractivity contribution is 0.804. The summed E-state index contributed by atoms with van der Waals surface area (Å²) in [6.07, 6.45) is 0. The zero-order valence-corrected chi connectivity index (χ0v) is 13.1. The largest absolute Gasteiger partial charge is 0.294 e. The van der Waals surface area contributed by atoms with Gasteiger partial charge in [0.15, 0.2) is 10.6 Å². The van der Waals surface area contributed by atoms with Crippen LogP contribution in [0.2, 0.25) is 0 Å². The highest BCUT2D eigenvalue weighted by Crippen LogP contribution is 2.26. The summed E-state index contributed by atoms with van der Waals surface area (Å²) >= 11 is 12.1. The molecule has 0 fully saturated rings. The van der Waals surface area contributed by atoms with Crippen molar-refractivity contribution in [1.29, 1.82) is 0 Å². The molecule has 3 heterocycles. The van der Waals surface area contributed by atoms with Crippen molar-refractivity contribution in [1.82, 2.24) is 14.8 Å². The Kier molecular flexibility index (Phi) is 3.47. The third kappa shape index (κ3) is 2.35. The normalized spacial score (nSPS) is 10.9. The fraction of sp³-hybridized carbons (Fsp3) is 0.0909. The molecule has 0 aliphatic rings. The van der Waals surface area contributed by atoms with E-state index in [1.165, 1.54) is 4.88 Å². The van der Waals surface area contributed by atoms with Gasteiger partial charge in [-0.05, 0) is 51.7 Å². The van der Waals surface area contributed by atoms with E-state index in [4.69, 9.17) is 12.2 Å². The molecule has 0 saturated carbocycles. The molecule has 0 aliphatic heterocycles. The van der Waals surface area contributed by atoms with Gasteiger partial charge in [-0.25, -0.2) is 0 Å². The van der Waals surface area contributed by atoms with Crippen molar-refractivity contribution in [3.05, 3.63) is 43.1 Å². The molecule has 18 heavy (non-hydrogen) atoms. The van der Waals surface area contributed by atoms with Gasteiger partial charge in [0.2, 0.25) is 0 Å². The molecular formula is C11H8BrN3S3. The van der Waals surface area contributed by atoms with Gasteiger partial charge in [0.05, 0.1) is 15.2 Å². The number of nitrogens with one attached hydrogen (secondary N) is 1. The summed E-state index contributed by atoms with van der Waals surface area (Å²) < 4.78 is 3.81. The molecular weight excluding hydrogens is 350 g/mol. The van der Waals surface area contributed by atoms with Gasteiger partial charge in [-0.1, -0.05) is 6.07 Å². The number of halogens is 1. The number of hydrogen-bond acceptors (Lipinski definition) is 4. The predicted molar refractivity (Wildman–Crippen MR) is 81.8 cm³/mol. The number of aromatic nitrogens is 3. The Morgan fingerprint density at radius 1 is 1.39 bits per heavy atom. The quantitative estimate of drug-likeness (QED) is 0.698. The Morgan fingerprint density at radius 3 is 2.94 bits per heavy atom. The van der Waals surface area contributed by atoms with Crippen molar-refractivity contribution in [2.24, 2.45) is 0 Å². The van der Waals surface area contributed by atoms with Crippen LogP contribution in [0.3, 0.4) is 0 Å². The Balaban J connectivity index is 2.01. The second kappa shape index (κ2) is 5.08. The van der Waals surface area contributed by atoms with Crippen LogP contribution in [0.15, 0.2) is 33.4 Å². The molecule has 0 atom stereocenters. The first-order chi connectivity index (χ1) is 8.74. The molecule has 3 nitrogen and oxygen atoms in total. The zero-order chi connectivity index (χ0) is 12.5. The minimum Gasteiger partial charge on any atom is -0.294 e. The molecule has 0 amide bonds. The van der Waals surface area contributed by atoms with E-state index in [1.54, 1.807) is 22.7 Å². The summed E-state index contributed by atoms with van der Waals surface area (Å²) in [5.41, 5.74) is 0. The van der Waals surface area contributed by atoms with Crippen molar-refractivity contribution >= 4 is 50.8 Å². The summed E-state index contributed by atoms with van der Waals surface area (Å²) in [6, 6.07) is 8.22. The first kappa shape index (κ1) is 12.3. The Hall–Kier alpha value is -0.760. The van der Waals surface area contributed by atoms with Gasteiger partial charge in [-0.15, -0.1) is 22.7 Å². The van der Waals surface area contributed by atoms with Crippen LogP contribution < -0.4 is 0 Å². The van der Waals surface area contributed by atoms with Gasteiger partial charge >= 0.3 is 0 Å². The lowest BCUT2D eigenvalue weighted by Crippen LogP contribution is -2.00. The maximum Gasteiger partial charge on any atom is 0.195 e. The molecule has 92 valence electrons. The third-order valence-electron chi connectivity index (χ3n) is 2.44. The van der Waals surface area contributed by atoms with Crippen LogP contribution in [-0.4, -0.2) is 14.8 Å². The van der Waals surface area contributed by atoms with E-state index in [0.717, 1.165) is 21.0 Å². The van der Waals surface area contributed by atoms with Crippen LogP contribution in [0.25, 0.3) is 10.7 Å². The topological polar surface area (TPSA) is 33.6 Å². The number of H-pyrrole nitrogens is 1. The first-order valence-corrected chi connectivity index (χ1v) is 8.07. The van der Waals surface area contributed by atoms with Crippen molar-refractivity contribution in [3.8, 4) is 10.7 Å². The van der Waals surface area contributed by atoms with Crippen LogP contribution in [0.4, 0.5) is 0 Å². The summed E-state index contributed by atoms with van der Waals surface area (Å²) in [5.74, 6) is 0.902. The molecule has 7 heteroatoms. The number of aromatic amines is 1. The van der Waals surface area contributed by atoms with Crippen molar-refractivity contribution in [3.63, 3.8) is 0 Å². The highest BCUT2D eigenvalue weighted by molar-refractivity contribution is 9.11. The SMILES string of the molecule is S=c1[nH]nc(-c2cccs2)n1Cc1ccc(Br)s1. The molecule has 3 aromatic heterocycles. The number of rotatable bonds is 3. The van der Waals surface area contributed by atoms with E-state index < -0.39 is 0 Å². The molecule has 0 bridgehead atoms. The summed E-state index contributed by atoms with van der Waals surface area (Å²) in [7, 11) is 0. The number of hydrogen-bond donors (Lipinski definition) is 1. The maximum absolute atomic E-state index is 5.30. The van der Waals surface area contributed by atoms with Crippen molar-refractivity contribution in [2.75, 3.05) is 0 Å². The van der Waals surface area contributed by atoms with E-state index in [2.05, 4.69) is 44.3 Å².